The predicted molar refractivity (Wildman–Crippen MR) is 115 cm³/mol. The van der Waals surface area contributed by atoms with Crippen molar-refractivity contribution in [3.8, 4) is 0 Å². The number of hydrazone groups is 1. The zero-order valence-corrected chi connectivity index (χ0v) is 16.5. The van der Waals surface area contributed by atoms with Crippen LogP contribution in [-0.4, -0.2) is 22.9 Å². The van der Waals surface area contributed by atoms with E-state index in [0.29, 0.717) is 16.3 Å². The molecule has 2 aromatic carbocycles. The van der Waals surface area contributed by atoms with Crippen LogP contribution in [0.3, 0.4) is 0 Å². The van der Waals surface area contributed by atoms with Crippen molar-refractivity contribution in [2.45, 2.75) is 6.92 Å². The number of thiophene rings is 1. The van der Waals surface area contributed by atoms with E-state index in [4.69, 9.17) is 0 Å². The van der Waals surface area contributed by atoms with E-state index in [1.165, 1.54) is 34.6 Å². The first-order valence-corrected chi connectivity index (χ1v) is 10.2. The van der Waals surface area contributed by atoms with Crippen molar-refractivity contribution in [1.82, 2.24) is 4.98 Å². The third-order valence-corrected chi connectivity index (χ3v) is 5.86. The van der Waals surface area contributed by atoms with Gasteiger partial charge in [0.25, 0.3) is 5.91 Å². The average Bonchev–Trinajstić information content (AvgIpc) is 3.37. The van der Waals surface area contributed by atoms with E-state index in [1.54, 1.807) is 30.5 Å². The molecule has 28 heavy (non-hydrogen) atoms. The van der Waals surface area contributed by atoms with Crippen LogP contribution in [0.4, 0.5) is 5.13 Å². The smallest absolute Gasteiger partial charge is 0.280 e. The van der Waals surface area contributed by atoms with Gasteiger partial charge in [0, 0.05) is 16.0 Å². The van der Waals surface area contributed by atoms with Gasteiger partial charge in [-0.15, -0.1) is 11.3 Å². The van der Waals surface area contributed by atoms with Crippen LogP contribution in [0.5, 0.6) is 0 Å². The molecule has 0 unspecified atom stereocenters. The molecule has 0 spiro atoms. The molecule has 2 heterocycles. The molecule has 0 atom stereocenters. The average molecular weight is 406 g/mol. The Labute approximate surface area is 169 Å². The highest BCUT2D eigenvalue weighted by Crippen LogP contribution is 2.30. The molecule has 0 fully saturated rings. The number of amides is 1. The Balaban J connectivity index is 1.73. The van der Waals surface area contributed by atoms with Crippen molar-refractivity contribution < 1.29 is 9.59 Å². The number of hydrogen-bond donors (Lipinski definition) is 0. The Morgan fingerprint density at radius 2 is 1.75 bits per heavy atom. The highest BCUT2D eigenvalue weighted by molar-refractivity contribution is 7.22. The molecule has 0 saturated heterocycles. The quantitative estimate of drug-likeness (QED) is 0.259. The van der Waals surface area contributed by atoms with E-state index in [-0.39, 0.29) is 11.7 Å². The Morgan fingerprint density at radius 3 is 2.43 bits per heavy atom. The van der Waals surface area contributed by atoms with Crippen molar-refractivity contribution in [1.29, 1.82) is 0 Å². The van der Waals surface area contributed by atoms with Crippen LogP contribution in [-0.2, 0) is 0 Å². The fourth-order valence-electron chi connectivity index (χ4n) is 2.59. The van der Waals surface area contributed by atoms with E-state index >= 15 is 0 Å². The summed E-state index contributed by atoms with van der Waals surface area (Å²) in [5, 5.41) is 8.17. The molecule has 0 aliphatic rings. The zero-order chi connectivity index (χ0) is 19.5. The van der Waals surface area contributed by atoms with Gasteiger partial charge >= 0.3 is 0 Å². The summed E-state index contributed by atoms with van der Waals surface area (Å²) >= 11 is 2.94. The van der Waals surface area contributed by atoms with Gasteiger partial charge in [0.2, 0.25) is 5.13 Å². The minimum atomic E-state index is -0.304. The van der Waals surface area contributed by atoms with Gasteiger partial charge in [-0.1, -0.05) is 41.7 Å². The number of Topliss-reactive ketones (excluding diaryl/α,β-unsaturated/α-hetero) is 1. The molecule has 0 radical (unpaired) electrons. The Hall–Kier alpha value is -3.16. The topological polar surface area (TPSA) is 62.6 Å². The number of aromatic nitrogens is 1. The summed E-state index contributed by atoms with van der Waals surface area (Å²) in [4.78, 5) is 30.1. The van der Waals surface area contributed by atoms with Crippen LogP contribution in [0.1, 0.15) is 32.5 Å². The van der Waals surface area contributed by atoms with Gasteiger partial charge in [-0.2, -0.15) is 10.1 Å². The van der Waals surface area contributed by atoms with Gasteiger partial charge in [-0.05, 0) is 42.6 Å². The first-order chi connectivity index (χ1) is 13.6. The summed E-state index contributed by atoms with van der Waals surface area (Å²) in [6.07, 6.45) is 1.65. The molecular weight excluding hydrogens is 390 g/mol. The number of nitrogens with zero attached hydrogens (tertiary/aromatic N) is 3. The van der Waals surface area contributed by atoms with Crippen molar-refractivity contribution in [3.63, 3.8) is 0 Å². The lowest BCUT2D eigenvalue weighted by molar-refractivity contribution is 0.0983. The lowest BCUT2D eigenvalue weighted by Gasteiger charge is -2.13. The van der Waals surface area contributed by atoms with Crippen molar-refractivity contribution in [2.75, 3.05) is 5.01 Å². The molecule has 4 rings (SSSR count). The van der Waals surface area contributed by atoms with Crippen LogP contribution >= 0.6 is 22.7 Å². The summed E-state index contributed by atoms with van der Waals surface area (Å²) in [5.74, 6) is -0.347. The van der Waals surface area contributed by atoms with Crippen LogP contribution in [0, 0.1) is 0 Å². The van der Waals surface area contributed by atoms with Crippen molar-refractivity contribution in [3.05, 3.63) is 82.0 Å². The number of para-hydroxylation sites is 1. The van der Waals surface area contributed by atoms with E-state index in [2.05, 4.69) is 10.1 Å². The highest BCUT2D eigenvalue weighted by Gasteiger charge is 2.21. The standard InChI is InChI=1S/C21H15N3O2S2/c1-14(25)15-8-10-16(11-9-15)20(26)24(22-13-17-5-4-12-27-17)21-23-18-6-2-3-7-19(18)28-21/h2-13H,1H3/b22-13-. The van der Waals surface area contributed by atoms with Gasteiger partial charge in [0.05, 0.1) is 16.4 Å². The fourth-order valence-corrected chi connectivity index (χ4v) is 4.09. The van der Waals surface area contributed by atoms with Crippen LogP contribution in [0.15, 0.2) is 71.1 Å². The fraction of sp³-hybridized carbons (Fsp3) is 0.0476. The minimum absolute atomic E-state index is 0.0438. The number of hydrogen-bond acceptors (Lipinski definition) is 6. The largest absolute Gasteiger partial charge is 0.295 e. The number of rotatable bonds is 5. The molecule has 1 amide bonds. The first kappa shape index (κ1) is 18.2. The normalized spacial score (nSPS) is 11.2. The van der Waals surface area contributed by atoms with Crippen LogP contribution in [0.2, 0.25) is 0 Å². The Kier molecular flexibility index (Phi) is 5.10. The van der Waals surface area contributed by atoms with Crippen LogP contribution < -0.4 is 5.01 Å². The maximum absolute atomic E-state index is 13.2. The summed E-state index contributed by atoms with van der Waals surface area (Å²) in [7, 11) is 0. The zero-order valence-electron chi connectivity index (χ0n) is 14.9. The van der Waals surface area contributed by atoms with Crippen molar-refractivity contribution in [2.24, 2.45) is 5.10 Å². The second kappa shape index (κ2) is 7.84. The lowest BCUT2D eigenvalue weighted by Crippen LogP contribution is -2.25. The maximum atomic E-state index is 13.2. The lowest BCUT2D eigenvalue weighted by atomic mass is 10.1. The molecule has 138 valence electrons. The number of fused-ring (bicyclic) bond motifs is 1. The van der Waals surface area contributed by atoms with E-state index in [0.717, 1.165) is 15.1 Å². The first-order valence-electron chi connectivity index (χ1n) is 8.50. The minimum Gasteiger partial charge on any atom is -0.295 e. The molecule has 7 heteroatoms. The summed E-state index contributed by atoms with van der Waals surface area (Å²) < 4.78 is 0.980. The molecule has 0 bridgehead atoms. The molecule has 0 saturated carbocycles. The van der Waals surface area contributed by atoms with Gasteiger partial charge in [0.15, 0.2) is 5.78 Å². The number of carbonyl (C=O) groups excluding carboxylic acids is 2. The highest BCUT2D eigenvalue weighted by atomic mass is 32.1. The Bertz CT molecular complexity index is 1130. The molecule has 0 aliphatic heterocycles. The monoisotopic (exact) mass is 405 g/mol. The number of anilines is 1. The summed E-state index contributed by atoms with van der Waals surface area (Å²) in [5.41, 5.74) is 1.82. The molecular formula is C21H15N3O2S2. The van der Waals surface area contributed by atoms with E-state index in [1.807, 2.05) is 41.8 Å². The number of ketones is 1. The molecule has 0 aliphatic carbocycles. The van der Waals surface area contributed by atoms with Gasteiger partial charge < -0.3 is 0 Å². The van der Waals surface area contributed by atoms with Gasteiger partial charge in [-0.25, -0.2) is 4.98 Å². The molecule has 2 aromatic heterocycles. The molecule has 0 N–H and O–H groups in total. The predicted octanol–water partition coefficient (Wildman–Crippen LogP) is 5.24. The SMILES string of the molecule is CC(=O)c1ccc(C(=O)N(/N=C\c2cccs2)c2nc3ccccc3s2)cc1. The molecule has 4 aromatic rings. The number of benzene rings is 2. The Morgan fingerprint density at radius 1 is 1.00 bits per heavy atom. The third kappa shape index (κ3) is 3.76. The molecule has 5 nitrogen and oxygen atoms in total. The van der Waals surface area contributed by atoms with E-state index in [9.17, 15) is 9.59 Å². The summed E-state index contributed by atoms with van der Waals surface area (Å²) in [6.45, 7) is 1.50. The van der Waals surface area contributed by atoms with Crippen molar-refractivity contribution >= 4 is 55.9 Å². The number of carbonyl (C=O) groups is 2. The van der Waals surface area contributed by atoms with Gasteiger partial charge in [-0.3, -0.25) is 9.59 Å². The second-order valence-corrected chi connectivity index (χ2v) is 7.96. The number of thiazole rings is 1. The summed E-state index contributed by atoms with van der Waals surface area (Å²) in [6, 6.07) is 18.1. The van der Waals surface area contributed by atoms with Crippen LogP contribution in [0.25, 0.3) is 10.2 Å². The maximum Gasteiger partial charge on any atom is 0.280 e. The van der Waals surface area contributed by atoms with Gasteiger partial charge in [0.1, 0.15) is 0 Å². The van der Waals surface area contributed by atoms with E-state index < -0.39 is 0 Å². The second-order valence-electron chi connectivity index (χ2n) is 5.97. The third-order valence-electron chi connectivity index (χ3n) is 4.04.